The van der Waals surface area contributed by atoms with Crippen LogP contribution in [0.3, 0.4) is 0 Å². The van der Waals surface area contributed by atoms with Crippen molar-refractivity contribution in [2.24, 2.45) is 10.7 Å². The number of hydrogen-bond donors (Lipinski definition) is 3. The Bertz CT molecular complexity index is 480. The Morgan fingerprint density at radius 1 is 1.32 bits per heavy atom. The molecule has 0 atom stereocenters. The molecular weight excluding hydrogens is 395 g/mol. The zero-order chi connectivity index (χ0) is 15.5. The van der Waals surface area contributed by atoms with E-state index in [0.717, 1.165) is 31.0 Å². The number of carbonyl (C=O) groups excluding carboxylic acids is 1. The summed E-state index contributed by atoms with van der Waals surface area (Å²) in [4.78, 5) is 15.2. The SMILES string of the molecule is CCCNC(=NCc1cccc(OCC(N)=O)c1)NCC.I. The molecular formula is C15H25IN4O2. The Hall–Kier alpha value is -1.51. The number of amides is 1. The molecule has 0 aliphatic carbocycles. The van der Waals surface area contributed by atoms with Crippen molar-refractivity contribution in [2.45, 2.75) is 26.8 Å². The topological polar surface area (TPSA) is 88.7 Å². The Morgan fingerprint density at radius 3 is 2.73 bits per heavy atom. The highest BCUT2D eigenvalue weighted by Crippen LogP contribution is 2.13. The van der Waals surface area contributed by atoms with E-state index in [-0.39, 0.29) is 30.6 Å². The van der Waals surface area contributed by atoms with Crippen molar-refractivity contribution in [3.63, 3.8) is 0 Å². The van der Waals surface area contributed by atoms with E-state index in [4.69, 9.17) is 10.5 Å². The number of halogens is 1. The highest BCUT2D eigenvalue weighted by molar-refractivity contribution is 14.0. The van der Waals surface area contributed by atoms with Crippen molar-refractivity contribution in [3.8, 4) is 5.75 Å². The van der Waals surface area contributed by atoms with E-state index < -0.39 is 5.91 Å². The summed E-state index contributed by atoms with van der Waals surface area (Å²) in [6, 6.07) is 7.48. The fraction of sp³-hybridized carbons (Fsp3) is 0.467. The van der Waals surface area contributed by atoms with Crippen LogP contribution in [0.5, 0.6) is 5.75 Å². The van der Waals surface area contributed by atoms with Crippen molar-refractivity contribution in [2.75, 3.05) is 19.7 Å². The van der Waals surface area contributed by atoms with Crippen LogP contribution in [0.4, 0.5) is 0 Å². The Kier molecular flexibility index (Phi) is 11.2. The number of ether oxygens (including phenoxy) is 1. The van der Waals surface area contributed by atoms with E-state index in [9.17, 15) is 4.79 Å². The van der Waals surface area contributed by atoms with Gasteiger partial charge in [0.25, 0.3) is 5.91 Å². The van der Waals surface area contributed by atoms with Gasteiger partial charge in [-0.1, -0.05) is 19.1 Å². The van der Waals surface area contributed by atoms with Gasteiger partial charge in [-0.2, -0.15) is 0 Å². The first-order valence-corrected chi connectivity index (χ1v) is 7.18. The number of benzene rings is 1. The molecule has 1 aromatic rings. The van der Waals surface area contributed by atoms with Crippen LogP contribution in [-0.2, 0) is 11.3 Å². The second-order valence-electron chi connectivity index (χ2n) is 4.52. The summed E-state index contributed by atoms with van der Waals surface area (Å²) in [6.45, 7) is 6.25. The normalized spacial score (nSPS) is 10.5. The number of aliphatic imine (C=N–C) groups is 1. The number of nitrogens with zero attached hydrogens (tertiary/aromatic N) is 1. The van der Waals surface area contributed by atoms with Crippen molar-refractivity contribution in [1.29, 1.82) is 0 Å². The highest BCUT2D eigenvalue weighted by atomic mass is 127. The molecule has 0 bridgehead atoms. The van der Waals surface area contributed by atoms with Gasteiger partial charge in [-0.3, -0.25) is 4.79 Å². The van der Waals surface area contributed by atoms with Crippen LogP contribution < -0.4 is 21.1 Å². The molecule has 7 heteroatoms. The summed E-state index contributed by atoms with van der Waals surface area (Å²) in [6.07, 6.45) is 1.04. The van der Waals surface area contributed by atoms with E-state index in [0.29, 0.717) is 12.3 Å². The summed E-state index contributed by atoms with van der Waals surface area (Å²) in [5.74, 6) is 0.924. The Morgan fingerprint density at radius 2 is 2.09 bits per heavy atom. The lowest BCUT2D eigenvalue weighted by atomic mass is 10.2. The molecule has 0 aliphatic rings. The molecule has 0 aliphatic heterocycles. The van der Waals surface area contributed by atoms with Crippen LogP contribution in [0.25, 0.3) is 0 Å². The van der Waals surface area contributed by atoms with Crippen LogP contribution in [0.1, 0.15) is 25.8 Å². The maximum absolute atomic E-state index is 10.7. The number of nitrogens with one attached hydrogen (secondary N) is 2. The third-order valence-corrected chi connectivity index (χ3v) is 2.59. The molecule has 1 rings (SSSR count). The van der Waals surface area contributed by atoms with Gasteiger partial charge < -0.3 is 21.1 Å². The number of guanidine groups is 1. The predicted octanol–water partition coefficient (Wildman–Crippen LogP) is 1.63. The number of hydrogen-bond acceptors (Lipinski definition) is 3. The molecule has 0 saturated carbocycles. The standard InChI is InChI=1S/C15H24N4O2.HI/c1-3-8-18-15(17-4-2)19-10-12-6-5-7-13(9-12)21-11-14(16)20;/h5-7,9H,3-4,8,10-11H2,1-2H3,(H2,16,20)(H2,17,18,19);1H. The molecule has 1 amide bonds. The summed E-state index contributed by atoms with van der Waals surface area (Å²) >= 11 is 0. The van der Waals surface area contributed by atoms with Crippen LogP contribution in [0, 0.1) is 0 Å². The van der Waals surface area contributed by atoms with Gasteiger partial charge in [-0.05, 0) is 31.0 Å². The Balaban J connectivity index is 0.00000441. The fourth-order valence-corrected chi connectivity index (χ4v) is 1.64. The first-order chi connectivity index (χ1) is 10.2. The fourth-order valence-electron chi connectivity index (χ4n) is 1.64. The van der Waals surface area contributed by atoms with E-state index in [2.05, 4.69) is 22.5 Å². The summed E-state index contributed by atoms with van der Waals surface area (Å²) in [5.41, 5.74) is 6.06. The number of primary amides is 1. The molecule has 0 heterocycles. The lowest BCUT2D eigenvalue weighted by Crippen LogP contribution is -2.37. The number of carbonyl (C=O) groups is 1. The molecule has 4 N–H and O–H groups in total. The van der Waals surface area contributed by atoms with Crippen molar-refractivity contribution in [3.05, 3.63) is 29.8 Å². The first kappa shape index (κ1) is 20.5. The summed E-state index contributed by atoms with van der Waals surface area (Å²) in [7, 11) is 0. The van der Waals surface area contributed by atoms with Crippen LogP contribution in [0.15, 0.2) is 29.3 Å². The van der Waals surface area contributed by atoms with Crippen molar-refractivity contribution >= 4 is 35.8 Å². The zero-order valence-electron chi connectivity index (χ0n) is 13.1. The third-order valence-electron chi connectivity index (χ3n) is 2.59. The van der Waals surface area contributed by atoms with Gasteiger partial charge in [0.2, 0.25) is 0 Å². The third kappa shape index (κ3) is 8.71. The van der Waals surface area contributed by atoms with Gasteiger partial charge in [0, 0.05) is 13.1 Å². The van der Waals surface area contributed by atoms with E-state index in [1.807, 2.05) is 25.1 Å². The minimum Gasteiger partial charge on any atom is -0.484 e. The molecule has 0 fully saturated rings. The summed E-state index contributed by atoms with van der Waals surface area (Å²) < 4.78 is 5.27. The van der Waals surface area contributed by atoms with E-state index in [1.165, 1.54) is 0 Å². The molecule has 6 nitrogen and oxygen atoms in total. The van der Waals surface area contributed by atoms with Gasteiger partial charge in [0.05, 0.1) is 6.54 Å². The quantitative estimate of drug-likeness (QED) is 0.339. The van der Waals surface area contributed by atoms with Gasteiger partial charge in [-0.15, -0.1) is 24.0 Å². The molecule has 0 aromatic heterocycles. The zero-order valence-corrected chi connectivity index (χ0v) is 15.4. The van der Waals surface area contributed by atoms with Crippen molar-refractivity contribution in [1.82, 2.24) is 10.6 Å². The van der Waals surface area contributed by atoms with Crippen LogP contribution >= 0.6 is 24.0 Å². The van der Waals surface area contributed by atoms with Gasteiger partial charge in [0.1, 0.15) is 5.75 Å². The maximum atomic E-state index is 10.7. The minimum absolute atomic E-state index is 0. The van der Waals surface area contributed by atoms with Gasteiger partial charge >= 0.3 is 0 Å². The number of nitrogens with two attached hydrogens (primary N) is 1. The lowest BCUT2D eigenvalue weighted by Gasteiger charge is -2.10. The monoisotopic (exact) mass is 420 g/mol. The molecule has 0 unspecified atom stereocenters. The molecule has 0 radical (unpaired) electrons. The van der Waals surface area contributed by atoms with Gasteiger partial charge in [-0.25, -0.2) is 4.99 Å². The van der Waals surface area contributed by atoms with E-state index in [1.54, 1.807) is 6.07 Å². The minimum atomic E-state index is -0.489. The Labute approximate surface area is 148 Å². The number of rotatable bonds is 8. The van der Waals surface area contributed by atoms with Crippen LogP contribution in [0.2, 0.25) is 0 Å². The maximum Gasteiger partial charge on any atom is 0.255 e. The average molecular weight is 420 g/mol. The predicted molar refractivity (Wildman–Crippen MR) is 99.7 cm³/mol. The smallest absolute Gasteiger partial charge is 0.255 e. The largest absolute Gasteiger partial charge is 0.484 e. The lowest BCUT2D eigenvalue weighted by molar-refractivity contribution is -0.119. The highest BCUT2D eigenvalue weighted by Gasteiger charge is 2.00. The van der Waals surface area contributed by atoms with Crippen LogP contribution in [-0.4, -0.2) is 31.6 Å². The second kappa shape index (κ2) is 12.1. The first-order valence-electron chi connectivity index (χ1n) is 7.18. The molecule has 1 aromatic carbocycles. The molecule has 0 saturated heterocycles. The molecule has 0 spiro atoms. The summed E-state index contributed by atoms with van der Waals surface area (Å²) in [5, 5.41) is 6.43. The molecule has 124 valence electrons. The second-order valence-corrected chi connectivity index (χ2v) is 4.52. The van der Waals surface area contributed by atoms with Gasteiger partial charge in [0.15, 0.2) is 12.6 Å². The average Bonchev–Trinajstić information content (AvgIpc) is 2.48. The van der Waals surface area contributed by atoms with E-state index >= 15 is 0 Å². The molecule has 22 heavy (non-hydrogen) atoms. The van der Waals surface area contributed by atoms with Crippen molar-refractivity contribution < 1.29 is 9.53 Å².